The lowest BCUT2D eigenvalue weighted by atomic mass is 10.00. The van der Waals surface area contributed by atoms with Crippen LogP contribution >= 0.6 is 0 Å². The van der Waals surface area contributed by atoms with Gasteiger partial charge in [0.25, 0.3) is 0 Å². The maximum atomic E-state index is 11.3. The Hall–Kier alpha value is -2.50. The zero-order chi connectivity index (χ0) is 17.1. The van der Waals surface area contributed by atoms with Crippen LogP contribution in [0.1, 0.15) is 0 Å². The van der Waals surface area contributed by atoms with Crippen molar-refractivity contribution in [2.24, 2.45) is 0 Å². The van der Waals surface area contributed by atoms with Crippen LogP contribution in [0.5, 0.6) is 0 Å². The molecule has 0 saturated carbocycles. The fourth-order valence-electron chi connectivity index (χ4n) is 2.65. The van der Waals surface area contributed by atoms with E-state index in [9.17, 15) is 10.4 Å². The summed E-state index contributed by atoms with van der Waals surface area (Å²) in [5, 5.41) is 22.8. The third kappa shape index (κ3) is 3.53. The second-order valence-corrected chi connectivity index (χ2v) is 5.84. The highest BCUT2D eigenvalue weighted by Gasteiger charge is 2.03. The van der Waals surface area contributed by atoms with Gasteiger partial charge < -0.3 is 20.5 Å². The van der Waals surface area contributed by atoms with Crippen molar-refractivity contribution in [3.05, 3.63) is 83.2 Å². The normalized spacial score (nSPS) is 13.5. The first-order valence-corrected chi connectivity index (χ1v) is 7.87. The molecule has 0 radical (unpaired) electrons. The topological polar surface area (TPSA) is 55.0 Å². The highest BCUT2D eigenvalue weighted by atomic mass is 16.5. The van der Waals surface area contributed by atoms with Gasteiger partial charge in [0.2, 0.25) is 0 Å². The van der Waals surface area contributed by atoms with Crippen molar-refractivity contribution in [3.63, 3.8) is 0 Å². The monoisotopic (exact) mass is 320 g/mol. The third-order valence-electron chi connectivity index (χ3n) is 4.13. The summed E-state index contributed by atoms with van der Waals surface area (Å²) in [6.45, 7) is 0. The molecule has 2 N–H and O–H groups in total. The first kappa shape index (κ1) is 16.4. The largest absolute Gasteiger partial charge is 0.629 e. The van der Waals surface area contributed by atoms with E-state index in [4.69, 9.17) is 0 Å². The van der Waals surface area contributed by atoms with E-state index >= 15 is 0 Å². The maximum absolute atomic E-state index is 11.3. The van der Waals surface area contributed by atoms with Crippen LogP contribution in [0.3, 0.4) is 0 Å². The van der Waals surface area contributed by atoms with Crippen LogP contribution in [0.4, 0.5) is 11.4 Å². The Labute approximate surface area is 141 Å². The Bertz CT molecular complexity index is 722. The van der Waals surface area contributed by atoms with Crippen LogP contribution in [-0.2, 0) is 0 Å². The number of rotatable bonds is 4. The summed E-state index contributed by atoms with van der Waals surface area (Å²) in [6, 6.07) is 23.5. The van der Waals surface area contributed by atoms with Crippen LogP contribution in [0.15, 0.2) is 72.8 Å². The first-order valence-electron chi connectivity index (χ1n) is 7.87. The Balaban J connectivity index is 1.82. The molecule has 3 aromatic carbocycles. The molecule has 0 spiro atoms. The molecule has 3 rings (SSSR count). The van der Waals surface area contributed by atoms with Gasteiger partial charge in [-0.2, -0.15) is 0 Å². The lowest BCUT2D eigenvalue weighted by Crippen LogP contribution is -2.98. The number of hydroxylamine groups is 2. The van der Waals surface area contributed by atoms with Gasteiger partial charge in [-0.1, -0.05) is 24.3 Å². The average molecular weight is 320 g/mol. The highest BCUT2D eigenvalue weighted by Crippen LogP contribution is 2.25. The molecule has 0 amide bonds. The number of hydrogen-bond donors (Lipinski definition) is 2. The molecule has 122 valence electrons. The van der Waals surface area contributed by atoms with Gasteiger partial charge in [-0.25, -0.2) is 0 Å². The zero-order valence-corrected chi connectivity index (χ0v) is 13.7. The molecular weight excluding hydrogens is 300 g/mol. The van der Waals surface area contributed by atoms with Crippen LogP contribution in [0, 0.1) is 10.4 Å². The standard InChI is InChI=1S/C20H20N2O2/c1-21(23)19-11-7-17(8-12-19)15-3-5-16(6-4-15)18-9-13-20(14-10-18)22(2)24/h3-14,21-22H,1-2H3. The molecule has 0 aromatic heterocycles. The fraction of sp³-hybridized carbons (Fsp3) is 0.100. The fourth-order valence-corrected chi connectivity index (χ4v) is 2.65. The van der Waals surface area contributed by atoms with Crippen molar-refractivity contribution in [3.8, 4) is 22.3 Å². The molecule has 0 heterocycles. The molecule has 2 unspecified atom stereocenters. The summed E-state index contributed by atoms with van der Waals surface area (Å²) >= 11 is 0. The highest BCUT2D eigenvalue weighted by molar-refractivity contribution is 5.71. The summed E-state index contributed by atoms with van der Waals surface area (Å²) in [5.74, 6) is 0. The molecule has 3 aromatic rings. The van der Waals surface area contributed by atoms with Gasteiger partial charge in [0.1, 0.15) is 11.4 Å². The predicted molar refractivity (Wildman–Crippen MR) is 97.1 cm³/mol. The smallest absolute Gasteiger partial charge is 0.131 e. The second-order valence-electron chi connectivity index (χ2n) is 5.84. The predicted octanol–water partition coefficient (Wildman–Crippen LogP) is 2.31. The maximum Gasteiger partial charge on any atom is 0.131 e. The zero-order valence-electron chi connectivity index (χ0n) is 13.7. The van der Waals surface area contributed by atoms with Gasteiger partial charge in [0, 0.05) is 0 Å². The second kappa shape index (κ2) is 6.95. The lowest BCUT2D eigenvalue weighted by molar-refractivity contribution is -0.751. The molecule has 0 bridgehead atoms. The van der Waals surface area contributed by atoms with Crippen molar-refractivity contribution in [1.82, 2.24) is 0 Å². The Morgan fingerprint density at radius 3 is 0.875 bits per heavy atom. The van der Waals surface area contributed by atoms with Gasteiger partial charge >= 0.3 is 0 Å². The van der Waals surface area contributed by atoms with Crippen molar-refractivity contribution >= 4 is 11.4 Å². The van der Waals surface area contributed by atoms with Crippen LogP contribution in [-0.4, -0.2) is 14.1 Å². The van der Waals surface area contributed by atoms with Gasteiger partial charge in [-0.3, -0.25) is 0 Å². The Morgan fingerprint density at radius 2 is 0.667 bits per heavy atom. The summed E-state index contributed by atoms with van der Waals surface area (Å²) in [4.78, 5) is 0. The molecule has 24 heavy (non-hydrogen) atoms. The third-order valence-corrected chi connectivity index (χ3v) is 4.13. The van der Waals surface area contributed by atoms with E-state index in [0.29, 0.717) is 0 Å². The summed E-state index contributed by atoms with van der Waals surface area (Å²) < 4.78 is 0. The van der Waals surface area contributed by atoms with E-state index in [1.165, 1.54) is 0 Å². The van der Waals surface area contributed by atoms with Crippen LogP contribution in [0.2, 0.25) is 0 Å². The van der Waals surface area contributed by atoms with Crippen molar-refractivity contribution in [2.75, 3.05) is 14.1 Å². The van der Waals surface area contributed by atoms with E-state index in [1.54, 1.807) is 14.1 Å². The molecule has 4 nitrogen and oxygen atoms in total. The van der Waals surface area contributed by atoms with Crippen LogP contribution < -0.4 is 10.1 Å². The van der Waals surface area contributed by atoms with Gasteiger partial charge in [0.05, 0.1) is 14.1 Å². The van der Waals surface area contributed by atoms with E-state index in [1.807, 2.05) is 48.5 Å². The van der Waals surface area contributed by atoms with Gasteiger partial charge in [-0.05, 0) is 70.8 Å². The average Bonchev–Trinajstić information content (AvgIpc) is 2.62. The van der Waals surface area contributed by atoms with E-state index in [2.05, 4.69) is 24.3 Å². The van der Waals surface area contributed by atoms with Crippen molar-refractivity contribution in [1.29, 1.82) is 0 Å². The summed E-state index contributed by atoms with van der Waals surface area (Å²) in [6.07, 6.45) is 0. The molecule has 0 fully saturated rings. The molecule has 0 aliphatic heterocycles. The minimum atomic E-state index is 0.0749. The number of quaternary nitrogens is 2. The molecular formula is C20H20N2O2. The number of hydrogen-bond acceptors (Lipinski definition) is 2. The van der Waals surface area contributed by atoms with Crippen LogP contribution in [0.25, 0.3) is 22.3 Å². The van der Waals surface area contributed by atoms with Gasteiger partial charge in [0.15, 0.2) is 0 Å². The van der Waals surface area contributed by atoms with Crippen molar-refractivity contribution < 1.29 is 10.1 Å². The summed E-state index contributed by atoms with van der Waals surface area (Å²) in [5.41, 5.74) is 5.82. The molecule has 2 atom stereocenters. The minimum absolute atomic E-state index is 0.0749. The van der Waals surface area contributed by atoms with E-state index in [0.717, 1.165) is 33.6 Å². The minimum Gasteiger partial charge on any atom is -0.629 e. The molecule has 0 aliphatic carbocycles. The van der Waals surface area contributed by atoms with E-state index in [-0.39, 0.29) is 10.1 Å². The SMILES string of the molecule is C[NH+]([O-])c1ccc(-c2ccc(-c3ccc([NH+](C)[O-])cc3)cc2)cc1. The van der Waals surface area contributed by atoms with Crippen molar-refractivity contribution in [2.45, 2.75) is 0 Å². The quantitative estimate of drug-likeness (QED) is 0.725. The number of nitrogens with one attached hydrogen (secondary N) is 2. The summed E-state index contributed by atoms with van der Waals surface area (Å²) in [7, 11) is 3.14. The molecule has 0 aliphatic rings. The lowest BCUT2D eigenvalue weighted by Gasteiger charge is -2.16. The molecule has 4 heteroatoms. The Morgan fingerprint density at radius 1 is 0.458 bits per heavy atom. The Kier molecular flexibility index (Phi) is 4.74. The van der Waals surface area contributed by atoms with E-state index < -0.39 is 0 Å². The number of benzene rings is 3. The molecule has 0 saturated heterocycles. The first-order chi connectivity index (χ1) is 11.5. The van der Waals surface area contributed by atoms with Gasteiger partial charge in [-0.15, -0.1) is 0 Å².